The van der Waals surface area contributed by atoms with Gasteiger partial charge in [-0.05, 0) is 38.5 Å². The van der Waals surface area contributed by atoms with Crippen LogP contribution in [0.15, 0.2) is 0 Å². The molecular weight excluding hydrogens is 542 g/mol. The quantitative estimate of drug-likeness (QED) is 0.0470. The van der Waals surface area contributed by atoms with E-state index in [4.69, 9.17) is 0 Å². The molecule has 0 aromatic carbocycles. The van der Waals surface area contributed by atoms with E-state index in [0.29, 0.717) is 0 Å². The minimum absolute atomic E-state index is 0. The normalized spacial score (nSPS) is 11.6. The van der Waals surface area contributed by atoms with E-state index in [-0.39, 0.29) is 24.0 Å². The number of unbranched alkanes of at least 4 members (excludes halogenated alkanes) is 20. The second kappa shape index (κ2) is 30.4. The van der Waals surface area contributed by atoms with Crippen molar-refractivity contribution in [2.24, 2.45) is 0 Å². The first kappa shape index (κ1) is 37.3. The molecule has 0 saturated carbocycles. The van der Waals surface area contributed by atoms with Gasteiger partial charge in [0.25, 0.3) is 0 Å². The van der Waals surface area contributed by atoms with Crippen LogP contribution in [0.1, 0.15) is 182 Å². The molecule has 0 aliphatic carbocycles. The van der Waals surface area contributed by atoms with Crippen molar-refractivity contribution < 1.29 is 24.0 Å². The van der Waals surface area contributed by atoms with Crippen LogP contribution in [0, 0.1) is 0 Å². The predicted octanol–water partition coefficient (Wildman–Crippen LogP) is 9.45. The van der Waals surface area contributed by atoms with Crippen LogP contribution in [-0.2, 0) is 0 Å². The van der Waals surface area contributed by atoms with Crippen LogP contribution in [0.3, 0.4) is 0 Å². The first-order valence-electron chi connectivity index (χ1n) is 16.1. The minimum Gasteiger partial charge on any atom is -1.00 e. The highest BCUT2D eigenvalue weighted by molar-refractivity contribution is 7.75. The highest BCUT2D eigenvalue weighted by atomic mass is 127. The smallest absolute Gasteiger partial charge is 0.0594 e. The average molecular weight is 611 g/mol. The average Bonchev–Trinajstić information content (AvgIpc) is 2.83. The van der Waals surface area contributed by atoms with E-state index in [1.165, 1.54) is 141 Å². The molecule has 34 heavy (non-hydrogen) atoms. The van der Waals surface area contributed by atoms with Crippen molar-refractivity contribution in [3.63, 3.8) is 0 Å². The highest BCUT2D eigenvalue weighted by Crippen LogP contribution is 2.61. The van der Waals surface area contributed by atoms with Crippen LogP contribution in [0.25, 0.3) is 0 Å². The van der Waals surface area contributed by atoms with Crippen molar-refractivity contribution in [2.45, 2.75) is 182 Å². The molecule has 0 aliphatic rings. The van der Waals surface area contributed by atoms with Crippen LogP contribution in [0.5, 0.6) is 0 Å². The zero-order valence-electron chi connectivity index (χ0n) is 24.6. The van der Waals surface area contributed by atoms with Crippen LogP contribution in [-0.4, -0.2) is 24.6 Å². The Morgan fingerprint density at radius 3 is 0.735 bits per heavy atom. The standard InChI is InChI=1S/C32H68P.HI/c1-5-9-13-15-17-19-21-23-25-27-31-33(29-11-7-3,30-12-8-4)32-28-26-24-22-20-18-16-14-10-6-2;/h5-32H2,1-4H3;1H/q+1;/p-1. The summed E-state index contributed by atoms with van der Waals surface area (Å²) in [6.45, 7) is 9.46. The van der Waals surface area contributed by atoms with Crippen molar-refractivity contribution in [3.05, 3.63) is 0 Å². The monoisotopic (exact) mass is 610 g/mol. The third kappa shape index (κ3) is 24.8. The van der Waals surface area contributed by atoms with E-state index in [0.717, 1.165) is 0 Å². The Balaban J connectivity index is 0. The van der Waals surface area contributed by atoms with Gasteiger partial charge in [-0.2, -0.15) is 0 Å². The fourth-order valence-corrected chi connectivity index (χ4v) is 10.6. The van der Waals surface area contributed by atoms with Gasteiger partial charge in [0.05, 0.1) is 24.6 Å². The Hall–Kier alpha value is 1.16. The molecule has 0 heterocycles. The number of hydrogen-bond donors (Lipinski definition) is 0. The lowest BCUT2D eigenvalue weighted by Crippen LogP contribution is -3.00. The summed E-state index contributed by atoms with van der Waals surface area (Å²) in [5, 5.41) is 0. The van der Waals surface area contributed by atoms with Crippen LogP contribution >= 0.6 is 7.26 Å². The van der Waals surface area contributed by atoms with E-state index in [2.05, 4.69) is 27.7 Å². The summed E-state index contributed by atoms with van der Waals surface area (Å²) in [4.78, 5) is 0. The Morgan fingerprint density at radius 1 is 0.265 bits per heavy atom. The SMILES string of the molecule is CCCCCCCCCCCC[P+](CCCC)(CCCC)CCCCCCCCCCCC.[I-]. The summed E-state index contributed by atoms with van der Waals surface area (Å²) in [6.07, 6.45) is 42.0. The van der Waals surface area contributed by atoms with Crippen molar-refractivity contribution in [1.29, 1.82) is 0 Å². The van der Waals surface area contributed by atoms with Gasteiger partial charge >= 0.3 is 0 Å². The first-order chi connectivity index (χ1) is 16.2. The van der Waals surface area contributed by atoms with Gasteiger partial charge in [0.1, 0.15) is 0 Å². The zero-order valence-corrected chi connectivity index (χ0v) is 27.7. The summed E-state index contributed by atoms with van der Waals surface area (Å²) >= 11 is 0. The lowest BCUT2D eigenvalue weighted by atomic mass is 10.1. The molecule has 0 N–H and O–H groups in total. The molecule has 0 rings (SSSR count). The van der Waals surface area contributed by atoms with Gasteiger partial charge < -0.3 is 24.0 Å². The van der Waals surface area contributed by atoms with Gasteiger partial charge in [0.15, 0.2) is 0 Å². The fraction of sp³-hybridized carbons (Fsp3) is 1.00. The highest BCUT2D eigenvalue weighted by Gasteiger charge is 2.34. The largest absolute Gasteiger partial charge is 1.00 e. The third-order valence-electron chi connectivity index (χ3n) is 7.94. The number of hydrogen-bond acceptors (Lipinski definition) is 0. The summed E-state index contributed by atoms with van der Waals surface area (Å²) in [5.74, 6) is 0. The van der Waals surface area contributed by atoms with Crippen molar-refractivity contribution >= 4 is 7.26 Å². The molecule has 0 saturated heterocycles. The van der Waals surface area contributed by atoms with E-state index in [1.807, 2.05) is 0 Å². The molecule has 0 unspecified atom stereocenters. The van der Waals surface area contributed by atoms with Gasteiger partial charge in [-0.15, -0.1) is 0 Å². The topological polar surface area (TPSA) is 0 Å². The molecule has 0 radical (unpaired) electrons. The van der Waals surface area contributed by atoms with Crippen molar-refractivity contribution in [2.75, 3.05) is 24.6 Å². The maximum absolute atomic E-state index is 2.41. The predicted molar refractivity (Wildman–Crippen MR) is 160 cm³/mol. The van der Waals surface area contributed by atoms with E-state index in [1.54, 1.807) is 37.5 Å². The summed E-state index contributed by atoms with van der Waals surface area (Å²) in [7, 11) is -0.677. The molecule has 0 atom stereocenters. The molecule has 0 nitrogen and oxygen atoms in total. The number of rotatable bonds is 28. The van der Waals surface area contributed by atoms with E-state index >= 15 is 0 Å². The minimum atomic E-state index is -0.677. The van der Waals surface area contributed by atoms with Crippen LogP contribution in [0.4, 0.5) is 0 Å². The Morgan fingerprint density at radius 2 is 0.471 bits per heavy atom. The third-order valence-corrected chi connectivity index (χ3v) is 13.0. The van der Waals surface area contributed by atoms with Crippen molar-refractivity contribution in [3.8, 4) is 0 Å². The molecule has 2 heteroatoms. The number of halogens is 1. The van der Waals surface area contributed by atoms with Gasteiger partial charge in [0.2, 0.25) is 0 Å². The molecule has 0 spiro atoms. The van der Waals surface area contributed by atoms with Crippen LogP contribution in [0.2, 0.25) is 0 Å². The molecule has 208 valence electrons. The van der Waals surface area contributed by atoms with Gasteiger partial charge in [0, 0.05) is 7.26 Å². The fourth-order valence-electron chi connectivity index (χ4n) is 5.53. The second-order valence-electron chi connectivity index (χ2n) is 11.3. The van der Waals surface area contributed by atoms with E-state index in [9.17, 15) is 0 Å². The lowest BCUT2D eigenvalue weighted by molar-refractivity contribution is -0.00000755. The molecule has 0 aromatic rings. The molecule has 0 aromatic heterocycles. The summed E-state index contributed by atoms with van der Waals surface area (Å²) in [5.41, 5.74) is 0. The van der Waals surface area contributed by atoms with Gasteiger partial charge in [-0.25, -0.2) is 0 Å². The van der Waals surface area contributed by atoms with Crippen LogP contribution < -0.4 is 24.0 Å². The maximum atomic E-state index is 2.41. The zero-order chi connectivity index (χ0) is 24.3. The molecule has 0 aliphatic heterocycles. The maximum Gasteiger partial charge on any atom is 0.0594 e. The summed E-state index contributed by atoms with van der Waals surface area (Å²) in [6, 6.07) is 0. The van der Waals surface area contributed by atoms with Gasteiger partial charge in [-0.1, -0.05) is 143 Å². The molecule has 0 fully saturated rings. The molecule has 0 bridgehead atoms. The summed E-state index contributed by atoms with van der Waals surface area (Å²) < 4.78 is 0. The Bertz CT molecular complexity index is 323. The van der Waals surface area contributed by atoms with Crippen molar-refractivity contribution in [1.82, 2.24) is 0 Å². The molecular formula is C32H68IP. The Labute approximate surface area is 236 Å². The molecule has 0 amide bonds. The van der Waals surface area contributed by atoms with Gasteiger partial charge in [-0.3, -0.25) is 0 Å². The first-order valence-corrected chi connectivity index (χ1v) is 18.6. The van der Waals surface area contributed by atoms with E-state index < -0.39 is 7.26 Å². The Kier molecular flexibility index (Phi) is 33.3. The second-order valence-corrected chi connectivity index (χ2v) is 15.8. The lowest BCUT2D eigenvalue weighted by Gasteiger charge is -2.28.